The zero-order valence-electron chi connectivity index (χ0n) is 14.9. The topological polar surface area (TPSA) is 20.3 Å². The first-order valence-electron chi connectivity index (χ1n) is 7.79. The van der Waals surface area contributed by atoms with Crippen LogP contribution in [-0.2, 0) is 4.79 Å². The van der Waals surface area contributed by atoms with Crippen LogP contribution < -0.4 is 0 Å². The van der Waals surface area contributed by atoms with Gasteiger partial charge in [-0.3, -0.25) is 4.79 Å². The molecule has 1 amide bonds. The Morgan fingerprint density at radius 2 is 1.50 bits per heavy atom. The van der Waals surface area contributed by atoms with Gasteiger partial charge in [0.2, 0.25) is 0 Å². The fourth-order valence-corrected chi connectivity index (χ4v) is 3.34. The van der Waals surface area contributed by atoms with Gasteiger partial charge in [-0.05, 0) is 43.4 Å². The normalized spacial score (nSPS) is 14.8. The lowest BCUT2D eigenvalue weighted by Crippen LogP contribution is -2.41. The fourth-order valence-electron chi connectivity index (χ4n) is 3.34. The number of hydrogen-bond acceptors (Lipinski definition) is 1. The molecule has 0 saturated carbocycles. The van der Waals surface area contributed by atoms with Crippen LogP contribution in [0.2, 0.25) is 0 Å². The SMILES string of the molecule is CC(C)CC(C)(C)CC(C)(C)C(C)C(=O)N(F)C(C)C. The number of amides is 1. The summed E-state index contributed by atoms with van der Waals surface area (Å²) >= 11 is 0. The summed E-state index contributed by atoms with van der Waals surface area (Å²) in [6.45, 7) is 18.3. The van der Waals surface area contributed by atoms with Crippen LogP contribution in [0.1, 0.15) is 75.2 Å². The molecule has 0 heterocycles. The smallest absolute Gasteiger partial charge is 0.253 e. The maximum Gasteiger partial charge on any atom is 0.253 e. The molecule has 3 heteroatoms. The Hall–Kier alpha value is -0.600. The van der Waals surface area contributed by atoms with Crippen LogP contribution in [0.4, 0.5) is 4.48 Å². The molecule has 0 bridgehead atoms. The minimum Gasteiger partial charge on any atom is -0.272 e. The number of hydrogen-bond donors (Lipinski definition) is 0. The summed E-state index contributed by atoms with van der Waals surface area (Å²) in [4.78, 5) is 12.2. The molecule has 20 heavy (non-hydrogen) atoms. The van der Waals surface area contributed by atoms with Crippen molar-refractivity contribution in [3.63, 3.8) is 0 Å². The minimum absolute atomic E-state index is 0.158. The summed E-state index contributed by atoms with van der Waals surface area (Å²) in [6.07, 6.45) is 2.03. The van der Waals surface area contributed by atoms with Gasteiger partial charge < -0.3 is 0 Å². The van der Waals surface area contributed by atoms with Crippen molar-refractivity contribution in [3.05, 3.63) is 0 Å². The predicted molar refractivity (Wildman–Crippen MR) is 83.9 cm³/mol. The Balaban J connectivity index is 4.91. The van der Waals surface area contributed by atoms with Gasteiger partial charge in [-0.25, -0.2) is 0 Å². The van der Waals surface area contributed by atoms with E-state index in [0.717, 1.165) is 12.8 Å². The molecular weight excluding hydrogens is 253 g/mol. The van der Waals surface area contributed by atoms with Crippen molar-refractivity contribution in [2.45, 2.75) is 81.2 Å². The van der Waals surface area contributed by atoms with Gasteiger partial charge in [0.25, 0.3) is 5.91 Å². The first-order chi connectivity index (χ1) is 8.80. The molecule has 120 valence electrons. The van der Waals surface area contributed by atoms with Gasteiger partial charge in [0, 0.05) is 5.92 Å². The Morgan fingerprint density at radius 1 is 1.05 bits per heavy atom. The lowest BCUT2D eigenvalue weighted by atomic mass is 9.66. The van der Waals surface area contributed by atoms with E-state index in [1.807, 2.05) is 6.92 Å². The largest absolute Gasteiger partial charge is 0.272 e. The highest BCUT2D eigenvalue weighted by atomic mass is 19.2. The molecule has 0 N–H and O–H groups in total. The van der Waals surface area contributed by atoms with Gasteiger partial charge in [-0.15, -0.1) is 0 Å². The van der Waals surface area contributed by atoms with Crippen LogP contribution in [0.5, 0.6) is 0 Å². The molecule has 0 aromatic rings. The van der Waals surface area contributed by atoms with Crippen LogP contribution in [0, 0.1) is 22.7 Å². The summed E-state index contributed by atoms with van der Waals surface area (Å²) in [5, 5.41) is 0.377. The second-order valence-corrected chi connectivity index (χ2v) is 8.39. The van der Waals surface area contributed by atoms with Gasteiger partial charge >= 0.3 is 0 Å². The van der Waals surface area contributed by atoms with E-state index in [2.05, 4.69) is 41.5 Å². The van der Waals surface area contributed by atoms with E-state index in [4.69, 9.17) is 0 Å². The minimum atomic E-state index is -0.399. The molecule has 0 rings (SSSR count). The average Bonchev–Trinajstić information content (AvgIpc) is 2.22. The van der Waals surface area contributed by atoms with Gasteiger partial charge in [0.05, 0.1) is 6.04 Å². The Bertz CT molecular complexity index is 321. The Morgan fingerprint density at radius 3 is 1.85 bits per heavy atom. The molecule has 0 aliphatic heterocycles. The molecule has 0 saturated heterocycles. The summed E-state index contributed by atoms with van der Waals surface area (Å²) in [5.74, 6) is -0.0909. The molecule has 0 aromatic heterocycles. The lowest BCUT2D eigenvalue weighted by molar-refractivity contribution is -0.159. The maximum absolute atomic E-state index is 13.8. The molecule has 0 fully saturated rings. The van der Waals surface area contributed by atoms with Crippen molar-refractivity contribution in [1.82, 2.24) is 5.12 Å². The van der Waals surface area contributed by atoms with Crippen LogP contribution in [0.3, 0.4) is 0 Å². The van der Waals surface area contributed by atoms with Crippen LogP contribution in [-0.4, -0.2) is 17.1 Å². The van der Waals surface area contributed by atoms with Crippen molar-refractivity contribution in [3.8, 4) is 0 Å². The second kappa shape index (κ2) is 6.91. The molecule has 0 aliphatic carbocycles. The molecule has 0 spiro atoms. The molecule has 0 aromatic carbocycles. The quantitative estimate of drug-likeness (QED) is 0.587. The summed E-state index contributed by atoms with van der Waals surface area (Å²) in [5.41, 5.74) is -0.0557. The van der Waals surface area contributed by atoms with E-state index in [-0.39, 0.29) is 16.7 Å². The summed E-state index contributed by atoms with van der Waals surface area (Å²) in [7, 11) is 0. The van der Waals surface area contributed by atoms with E-state index in [9.17, 15) is 9.28 Å². The molecular formula is C17H34FNO. The zero-order chi connectivity index (χ0) is 16.3. The number of carbonyl (C=O) groups is 1. The monoisotopic (exact) mass is 287 g/mol. The number of rotatable bonds is 7. The van der Waals surface area contributed by atoms with Crippen LogP contribution >= 0.6 is 0 Å². The van der Waals surface area contributed by atoms with Gasteiger partial charge in [-0.1, -0.05) is 52.9 Å². The van der Waals surface area contributed by atoms with Gasteiger partial charge in [0.15, 0.2) is 0 Å². The van der Waals surface area contributed by atoms with Crippen molar-refractivity contribution >= 4 is 5.91 Å². The van der Waals surface area contributed by atoms with Gasteiger partial charge in [-0.2, -0.15) is 5.12 Å². The first-order valence-corrected chi connectivity index (χ1v) is 7.79. The van der Waals surface area contributed by atoms with Crippen LogP contribution in [0.15, 0.2) is 0 Å². The Labute approximate surface area is 125 Å². The maximum atomic E-state index is 13.8. The molecule has 2 nitrogen and oxygen atoms in total. The lowest BCUT2D eigenvalue weighted by Gasteiger charge is -2.40. The number of halogens is 1. The molecule has 0 aliphatic rings. The standard InChI is InChI=1S/C17H34FNO/c1-12(2)10-16(6,7)11-17(8,9)14(5)15(20)19(18)13(3)4/h12-14H,10-11H2,1-9H3. The first kappa shape index (κ1) is 19.4. The average molecular weight is 287 g/mol. The van der Waals surface area contributed by atoms with E-state index in [0.29, 0.717) is 11.0 Å². The van der Waals surface area contributed by atoms with Crippen molar-refractivity contribution in [1.29, 1.82) is 0 Å². The molecule has 1 unspecified atom stereocenters. The summed E-state index contributed by atoms with van der Waals surface area (Å²) < 4.78 is 13.8. The highest BCUT2D eigenvalue weighted by Gasteiger charge is 2.39. The van der Waals surface area contributed by atoms with Crippen molar-refractivity contribution in [2.24, 2.45) is 22.7 Å². The predicted octanol–water partition coefficient (Wildman–Crippen LogP) is 5.23. The Kier molecular flexibility index (Phi) is 6.70. The number of nitrogens with zero attached hydrogens (tertiary/aromatic N) is 1. The van der Waals surface area contributed by atoms with Crippen molar-refractivity contribution in [2.75, 3.05) is 0 Å². The molecule has 1 atom stereocenters. The summed E-state index contributed by atoms with van der Waals surface area (Å²) in [6, 6.07) is -0.399. The number of carbonyl (C=O) groups excluding carboxylic acids is 1. The van der Waals surface area contributed by atoms with Crippen LogP contribution in [0.25, 0.3) is 0 Å². The van der Waals surface area contributed by atoms with E-state index < -0.39 is 11.9 Å². The zero-order valence-corrected chi connectivity index (χ0v) is 14.9. The second-order valence-electron chi connectivity index (χ2n) is 8.39. The van der Waals surface area contributed by atoms with Crippen molar-refractivity contribution < 1.29 is 9.28 Å². The highest BCUT2D eigenvalue weighted by molar-refractivity contribution is 5.78. The third kappa shape index (κ3) is 5.80. The van der Waals surface area contributed by atoms with E-state index in [1.165, 1.54) is 0 Å². The highest BCUT2D eigenvalue weighted by Crippen LogP contribution is 2.43. The van der Waals surface area contributed by atoms with E-state index >= 15 is 0 Å². The van der Waals surface area contributed by atoms with E-state index in [1.54, 1.807) is 13.8 Å². The third-order valence-electron chi connectivity index (χ3n) is 4.10. The van der Waals surface area contributed by atoms with Gasteiger partial charge in [0.1, 0.15) is 0 Å². The molecule has 0 radical (unpaired) electrons. The fraction of sp³-hybridized carbons (Fsp3) is 0.941. The third-order valence-corrected chi connectivity index (χ3v) is 4.10.